The minimum absolute atomic E-state index is 0.0773. The van der Waals surface area contributed by atoms with E-state index in [9.17, 15) is 10.1 Å². The first-order valence-corrected chi connectivity index (χ1v) is 14.5. The first kappa shape index (κ1) is 28.2. The third-order valence-corrected chi connectivity index (χ3v) is 8.15. The van der Waals surface area contributed by atoms with E-state index in [0.29, 0.717) is 19.6 Å². The molecule has 214 valence electrons. The summed E-state index contributed by atoms with van der Waals surface area (Å²) in [7, 11) is 2.14. The number of hydrogen-bond donors (Lipinski definition) is 0. The first-order valence-electron chi connectivity index (χ1n) is 14.5. The number of aromatic nitrogens is 1. The monoisotopic (exact) mass is 545 g/mol. The topological polar surface area (TPSA) is 79.2 Å². The molecule has 1 atom stereocenters. The van der Waals surface area contributed by atoms with Crippen molar-refractivity contribution in [3.63, 3.8) is 0 Å². The fourth-order valence-corrected chi connectivity index (χ4v) is 6.00. The average molecular weight is 546 g/mol. The second-order valence-corrected chi connectivity index (χ2v) is 12.4. The lowest BCUT2D eigenvalue weighted by atomic mass is 9.94. The summed E-state index contributed by atoms with van der Waals surface area (Å²) >= 11 is 0. The van der Waals surface area contributed by atoms with E-state index in [0.717, 1.165) is 75.0 Å². The fraction of sp³-hybridized carbons (Fsp3) is 0.581. The van der Waals surface area contributed by atoms with Gasteiger partial charge in [0.1, 0.15) is 23.3 Å². The van der Waals surface area contributed by atoms with E-state index >= 15 is 0 Å². The highest BCUT2D eigenvalue weighted by Crippen LogP contribution is 2.37. The Labute approximate surface area is 238 Å². The zero-order valence-corrected chi connectivity index (χ0v) is 24.7. The highest BCUT2D eigenvalue weighted by molar-refractivity contribution is 5.70. The predicted molar refractivity (Wildman–Crippen MR) is 158 cm³/mol. The van der Waals surface area contributed by atoms with Crippen LogP contribution in [0.2, 0.25) is 0 Å². The molecule has 2 fully saturated rings. The molecule has 9 heteroatoms. The van der Waals surface area contributed by atoms with Crippen LogP contribution in [0.3, 0.4) is 0 Å². The number of amides is 1. The lowest BCUT2D eigenvalue weighted by Gasteiger charge is -2.43. The lowest BCUT2D eigenvalue weighted by Crippen LogP contribution is -2.55. The van der Waals surface area contributed by atoms with Gasteiger partial charge in [0.25, 0.3) is 0 Å². The summed E-state index contributed by atoms with van der Waals surface area (Å²) in [4.78, 5) is 29.3. The van der Waals surface area contributed by atoms with Crippen LogP contribution in [0.25, 0.3) is 0 Å². The molecule has 0 bridgehead atoms. The summed E-state index contributed by atoms with van der Waals surface area (Å²) in [6.07, 6.45) is 0.588. The van der Waals surface area contributed by atoms with Gasteiger partial charge in [-0.3, -0.25) is 4.90 Å². The third kappa shape index (κ3) is 6.18. The minimum atomic E-state index is -0.520. The minimum Gasteiger partial charge on any atom is -0.444 e. The SMILES string of the molecule is C[C@H]1CN(C(=O)OC(C)(C)C)CCN1c1nc(N2CCN(C)CC2)c(C#N)c2c1CCN(Cc1ccccc1)C2. The van der Waals surface area contributed by atoms with Crippen molar-refractivity contribution in [3.8, 4) is 6.07 Å². The number of nitrogens with zero attached hydrogens (tertiary/aromatic N) is 7. The number of hydrogen-bond acceptors (Lipinski definition) is 8. The van der Waals surface area contributed by atoms with Crippen LogP contribution in [0.15, 0.2) is 30.3 Å². The van der Waals surface area contributed by atoms with Gasteiger partial charge in [-0.15, -0.1) is 0 Å². The normalized spacial score (nSPS) is 20.7. The maximum absolute atomic E-state index is 12.8. The molecule has 1 amide bonds. The zero-order valence-electron chi connectivity index (χ0n) is 24.7. The molecule has 0 unspecified atom stereocenters. The number of carbonyl (C=O) groups is 1. The number of nitriles is 1. The summed E-state index contributed by atoms with van der Waals surface area (Å²) in [6.45, 7) is 15.8. The van der Waals surface area contributed by atoms with E-state index in [1.165, 1.54) is 11.1 Å². The van der Waals surface area contributed by atoms with E-state index in [1.54, 1.807) is 0 Å². The van der Waals surface area contributed by atoms with Crippen molar-refractivity contribution in [1.82, 2.24) is 19.7 Å². The number of anilines is 2. The molecule has 1 aromatic carbocycles. The maximum atomic E-state index is 12.8. The lowest BCUT2D eigenvalue weighted by molar-refractivity contribution is 0.0218. The van der Waals surface area contributed by atoms with Crippen LogP contribution in [-0.2, 0) is 24.2 Å². The molecule has 0 spiro atoms. The Kier molecular flexibility index (Phi) is 8.20. The van der Waals surface area contributed by atoms with Gasteiger partial charge in [0, 0.05) is 77.1 Å². The van der Waals surface area contributed by atoms with E-state index in [2.05, 4.69) is 63.9 Å². The molecule has 1 aromatic heterocycles. The van der Waals surface area contributed by atoms with Gasteiger partial charge < -0.3 is 24.3 Å². The first-order chi connectivity index (χ1) is 19.1. The Morgan fingerprint density at radius 3 is 2.40 bits per heavy atom. The second kappa shape index (κ2) is 11.6. The predicted octanol–water partition coefficient (Wildman–Crippen LogP) is 3.71. The third-order valence-electron chi connectivity index (χ3n) is 8.15. The summed E-state index contributed by atoms with van der Waals surface area (Å²) in [5.41, 5.74) is 3.79. The molecule has 0 radical (unpaired) electrons. The number of piperazine rings is 2. The number of benzene rings is 1. The number of ether oxygens (including phenoxy) is 1. The van der Waals surface area contributed by atoms with Gasteiger partial charge in [-0.25, -0.2) is 9.78 Å². The van der Waals surface area contributed by atoms with Gasteiger partial charge >= 0.3 is 6.09 Å². The molecule has 2 aromatic rings. The van der Waals surface area contributed by atoms with Crippen LogP contribution in [0, 0.1) is 11.3 Å². The molecule has 0 saturated carbocycles. The number of carbonyl (C=O) groups excluding carboxylic acids is 1. The van der Waals surface area contributed by atoms with Crippen molar-refractivity contribution in [1.29, 1.82) is 5.26 Å². The molecular formula is C31H43N7O2. The Morgan fingerprint density at radius 2 is 1.75 bits per heavy atom. The molecule has 3 aliphatic heterocycles. The average Bonchev–Trinajstić information content (AvgIpc) is 2.92. The Bertz CT molecular complexity index is 1250. The quantitative estimate of drug-likeness (QED) is 0.576. The van der Waals surface area contributed by atoms with E-state index < -0.39 is 5.60 Å². The molecule has 5 rings (SSSR count). The highest BCUT2D eigenvalue weighted by Gasteiger charge is 2.35. The molecule has 0 N–H and O–H groups in total. The van der Waals surface area contributed by atoms with Crippen LogP contribution in [0.5, 0.6) is 0 Å². The van der Waals surface area contributed by atoms with Crippen molar-refractivity contribution in [2.75, 3.05) is 69.2 Å². The Balaban J connectivity index is 1.47. The van der Waals surface area contributed by atoms with Crippen molar-refractivity contribution in [2.24, 2.45) is 0 Å². The fourth-order valence-electron chi connectivity index (χ4n) is 6.00. The summed E-state index contributed by atoms with van der Waals surface area (Å²) in [6, 6.07) is 13.2. The number of pyridine rings is 1. The van der Waals surface area contributed by atoms with Gasteiger partial charge in [0.15, 0.2) is 0 Å². The van der Waals surface area contributed by atoms with Crippen molar-refractivity contribution < 1.29 is 9.53 Å². The van der Waals surface area contributed by atoms with E-state index in [-0.39, 0.29) is 12.1 Å². The smallest absolute Gasteiger partial charge is 0.410 e. The molecule has 4 heterocycles. The maximum Gasteiger partial charge on any atom is 0.410 e. The molecule has 0 aliphatic carbocycles. The number of fused-ring (bicyclic) bond motifs is 1. The summed E-state index contributed by atoms with van der Waals surface area (Å²) in [5, 5.41) is 10.5. The van der Waals surface area contributed by atoms with Crippen LogP contribution < -0.4 is 9.80 Å². The summed E-state index contributed by atoms with van der Waals surface area (Å²) < 4.78 is 5.66. The van der Waals surface area contributed by atoms with E-state index in [4.69, 9.17) is 9.72 Å². The van der Waals surface area contributed by atoms with Crippen molar-refractivity contribution >= 4 is 17.7 Å². The van der Waals surface area contributed by atoms with Gasteiger partial charge in [-0.1, -0.05) is 30.3 Å². The molecular weight excluding hydrogens is 502 g/mol. The highest BCUT2D eigenvalue weighted by atomic mass is 16.6. The molecule has 40 heavy (non-hydrogen) atoms. The summed E-state index contributed by atoms with van der Waals surface area (Å²) in [5.74, 6) is 1.80. The molecule has 2 saturated heterocycles. The van der Waals surface area contributed by atoms with Gasteiger partial charge in [-0.05, 0) is 52.3 Å². The van der Waals surface area contributed by atoms with Crippen LogP contribution in [0.4, 0.5) is 16.4 Å². The van der Waals surface area contributed by atoms with Crippen molar-refractivity contribution in [2.45, 2.75) is 58.8 Å². The zero-order chi connectivity index (χ0) is 28.4. The van der Waals surface area contributed by atoms with Crippen LogP contribution in [0.1, 0.15) is 49.9 Å². The second-order valence-electron chi connectivity index (χ2n) is 12.4. The van der Waals surface area contributed by atoms with Gasteiger partial charge in [0.05, 0.1) is 5.56 Å². The van der Waals surface area contributed by atoms with Crippen LogP contribution in [-0.4, -0.2) is 96.8 Å². The Hall–Kier alpha value is -3.35. The standard InChI is InChI=1S/C31H43N7O2/c1-23-20-37(30(39)40-31(2,3)4)17-18-38(23)29-25-11-12-35(21-24-9-7-6-8-10-24)22-27(25)26(19-32)28(33-29)36-15-13-34(5)14-16-36/h6-10,23H,11-18,20-22H2,1-5H3/t23-/m0/s1. The number of likely N-dealkylation sites (N-methyl/N-ethyl adjacent to an activating group) is 1. The largest absolute Gasteiger partial charge is 0.444 e. The van der Waals surface area contributed by atoms with E-state index in [1.807, 2.05) is 31.7 Å². The van der Waals surface area contributed by atoms with Gasteiger partial charge in [0.2, 0.25) is 0 Å². The van der Waals surface area contributed by atoms with Crippen LogP contribution >= 0.6 is 0 Å². The molecule has 9 nitrogen and oxygen atoms in total. The Morgan fingerprint density at radius 1 is 1.02 bits per heavy atom. The molecule has 3 aliphatic rings. The number of rotatable bonds is 4. The van der Waals surface area contributed by atoms with Gasteiger partial charge in [-0.2, -0.15) is 5.26 Å². The van der Waals surface area contributed by atoms with Crippen molar-refractivity contribution in [3.05, 3.63) is 52.6 Å².